The van der Waals surface area contributed by atoms with Gasteiger partial charge in [-0.2, -0.15) is 0 Å². The summed E-state index contributed by atoms with van der Waals surface area (Å²) in [5, 5.41) is 2.89. The van der Waals surface area contributed by atoms with Crippen LogP contribution in [0.25, 0.3) is 43.6 Å². The number of aromatic nitrogens is 2. The third-order valence-electron chi connectivity index (χ3n) is 4.90. The van der Waals surface area contributed by atoms with Gasteiger partial charge in [-0.15, -0.1) is 0 Å². The summed E-state index contributed by atoms with van der Waals surface area (Å²) >= 11 is 6.20. The van der Waals surface area contributed by atoms with E-state index in [2.05, 4.69) is 9.97 Å². The van der Waals surface area contributed by atoms with Gasteiger partial charge in [0, 0.05) is 32.1 Å². The fourth-order valence-electron chi connectivity index (χ4n) is 3.53. The molecule has 0 unspecified atom stereocenters. The number of aromatic amines is 2. The second-order valence-electron chi connectivity index (χ2n) is 6.54. The van der Waals surface area contributed by atoms with Gasteiger partial charge in [0.25, 0.3) is 0 Å². The fourth-order valence-corrected chi connectivity index (χ4v) is 3.69. The van der Waals surface area contributed by atoms with E-state index in [1.165, 1.54) is 0 Å². The Labute approximate surface area is 152 Å². The van der Waals surface area contributed by atoms with E-state index in [0.717, 1.165) is 11.1 Å². The normalized spacial score (nSPS) is 11.8. The largest absolute Gasteiger partial charge is 0.354 e. The summed E-state index contributed by atoms with van der Waals surface area (Å²) < 4.78 is 0. The molecule has 126 valence electrons. The Morgan fingerprint density at radius 2 is 1.23 bits per heavy atom. The molecule has 5 rings (SSSR count). The molecule has 2 aromatic heterocycles. The van der Waals surface area contributed by atoms with Crippen molar-refractivity contribution in [2.45, 2.75) is 6.92 Å². The van der Waals surface area contributed by atoms with Crippen molar-refractivity contribution in [2.75, 3.05) is 0 Å². The first-order valence-corrected chi connectivity index (χ1v) is 8.61. The van der Waals surface area contributed by atoms with Crippen molar-refractivity contribution in [1.82, 2.24) is 9.97 Å². The number of pyridine rings is 2. The van der Waals surface area contributed by atoms with Crippen molar-refractivity contribution in [3.8, 4) is 0 Å². The lowest BCUT2D eigenvalue weighted by atomic mass is 10.0. The quantitative estimate of drug-likeness (QED) is 0.395. The molecule has 0 bridgehead atoms. The number of aryl methyl sites for hydroxylation is 1. The van der Waals surface area contributed by atoms with Crippen LogP contribution in [-0.4, -0.2) is 9.97 Å². The summed E-state index contributed by atoms with van der Waals surface area (Å²) in [4.78, 5) is 32.3. The monoisotopic (exact) mass is 360 g/mol. The molecule has 2 heterocycles. The predicted octanol–water partition coefficient (Wildman–Crippen LogP) is 4.64. The Hall–Kier alpha value is -3.11. The van der Waals surface area contributed by atoms with Crippen molar-refractivity contribution < 1.29 is 0 Å². The van der Waals surface area contributed by atoms with Crippen LogP contribution in [0.4, 0.5) is 0 Å². The summed E-state index contributed by atoms with van der Waals surface area (Å²) in [5.41, 5.74) is 3.40. The molecule has 0 saturated heterocycles. The second-order valence-corrected chi connectivity index (χ2v) is 6.95. The standard InChI is InChI=1S/C21H13ClN2O2/c1-10-6-12-19(9-15(10)22)24-18-7-13-17(8-14(18)21(12)26)23-16-5-3-2-4-11(16)20(13)25/h2-9H,1H3,(H,23,25)(H,24,26). The molecule has 0 radical (unpaired) electrons. The van der Waals surface area contributed by atoms with E-state index in [1.54, 1.807) is 30.3 Å². The third kappa shape index (κ3) is 2.02. The maximum atomic E-state index is 13.0. The number of hydrogen-bond acceptors (Lipinski definition) is 2. The van der Waals surface area contributed by atoms with Crippen LogP contribution in [0.3, 0.4) is 0 Å². The van der Waals surface area contributed by atoms with E-state index >= 15 is 0 Å². The van der Waals surface area contributed by atoms with Crippen LogP contribution in [0, 0.1) is 6.92 Å². The highest BCUT2D eigenvalue weighted by Crippen LogP contribution is 2.24. The van der Waals surface area contributed by atoms with E-state index in [1.807, 2.05) is 25.1 Å². The van der Waals surface area contributed by atoms with Gasteiger partial charge in [-0.05, 0) is 48.9 Å². The average Bonchev–Trinajstić information content (AvgIpc) is 2.63. The Kier molecular flexibility index (Phi) is 3.03. The first-order chi connectivity index (χ1) is 12.5. The van der Waals surface area contributed by atoms with Crippen LogP contribution in [0.5, 0.6) is 0 Å². The summed E-state index contributed by atoms with van der Waals surface area (Å²) in [7, 11) is 0. The van der Waals surface area contributed by atoms with Crippen molar-refractivity contribution >= 4 is 55.2 Å². The molecular formula is C21H13ClN2O2. The van der Waals surface area contributed by atoms with Gasteiger partial charge in [-0.25, -0.2) is 0 Å². The van der Waals surface area contributed by atoms with Crippen LogP contribution in [-0.2, 0) is 0 Å². The Balaban J connectivity index is 2.01. The number of hydrogen-bond donors (Lipinski definition) is 2. The minimum atomic E-state index is -0.0792. The van der Waals surface area contributed by atoms with Crippen molar-refractivity contribution in [2.24, 2.45) is 0 Å². The van der Waals surface area contributed by atoms with E-state index in [9.17, 15) is 9.59 Å². The lowest BCUT2D eigenvalue weighted by Gasteiger charge is -2.08. The SMILES string of the molecule is Cc1cc2c(=O)c3cc4[nH]c5ccccc5c(=O)c4cc3[nH]c2cc1Cl. The highest BCUT2D eigenvalue weighted by Gasteiger charge is 2.11. The first kappa shape index (κ1) is 15.2. The maximum absolute atomic E-state index is 13.0. The smallest absolute Gasteiger partial charge is 0.197 e. The van der Waals surface area contributed by atoms with Gasteiger partial charge in [-0.1, -0.05) is 23.7 Å². The Morgan fingerprint density at radius 1 is 0.692 bits per heavy atom. The summed E-state index contributed by atoms with van der Waals surface area (Å²) in [6.07, 6.45) is 0. The van der Waals surface area contributed by atoms with Gasteiger partial charge in [0.15, 0.2) is 10.9 Å². The molecule has 0 amide bonds. The number of para-hydroxylation sites is 1. The lowest BCUT2D eigenvalue weighted by Crippen LogP contribution is -2.08. The zero-order valence-electron chi connectivity index (χ0n) is 13.8. The zero-order chi connectivity index (χ0) is 18.0. The van der Waals surface area contributed by atoms with Crippen LogP contribution in [0.1, 0.15) is 5.56 Å². The van der Waals surface area contributed by atoms with Gasteiger partial charge < -0.3 is 9.97 Å². The van der Waals surface area contributed by atoms with Crippen molar-refractivity contribution in [3.05, 3.63) is 79.6 Å². The Morgan fingerprint density at radius 3 is 1.96 bits per heavy atom. The van der Waals surface area contributed by atoms with Gasteiger partial charge in [-0.3, -0.25) is 9.59 Å². The van der Waals surface area contributed by atoms with Gasteiger partial charge in [0.1, 0.15) is 0 Å². The molecule has 3 aromatic carbocycles. The van der Waals surface area contributed by atoms with Gasteiger partial charge in [0.2, 0.25) is 0 Å². The molecule has 2 N–H and O–H groups in total. The minimum Gasteiger partial charge on any atom is -0.354 e. The molecule has 4 nitrogen and oxygen atoms in total. The molecule has 0 aliphatic heterocycles. The molecule has 26 heavy (non-hydrogen) atoms. The molecule has 0 aliphatic rings. The summed E-state index contributed by atoms with van der Waals surface area (Å²) in [5.74, 6) is 0. The highest BCUT2D eigenvalue weighted by molar-refractivity contribution is 6.32. The van der Waals surface area contributed by atoms with Gasteiger partial charge in [0.05, 0.1) is 16.6 Å². The minimum absolute atomic E-state index is 0.0564. The molecule has 0 atom stereocenters. The fraction of sp³-hybridized carbons (Fsp3) is 0.0476. The zero-order valence-corrected chi connectivity index (χ0v) is 14.6. The molecule has 0 spiro atoms. The van der Waals surface area contributed by atoms with Crippen LogP contribution in [0.15, 0.2) is 58.1 Å². The molecule has 0 saturated carbocycles. The molecule has 5 heteroatoms. The predicted molar refractivity (Wildman–Crippen MR) is 107 cm³/mol. The number of benzene rings is 3. The molecular weight excluding hydrogens is 348 g/mol. The van der Waals surface area contributed by atoms with Crippen molar-refractivity contribution in [3.63, 3.8) is 0 Å². The van der Waals surface area contributed by atoms with Crippen molar-refractivity contribution in [1.29, 1.82) is 0 Å². The maximum Gasteiger partial charge on any atom is 0.197 e. The number of fused-ring (bicyclic) bond motifs is 4. The number of H-pyrrole nitrogens is 2. The second kappa shape index (κ2) is 5.19. The topological polar surface area (TPSA) is 65.7 Å². The third-order valence-corrected chi connectivity index (χ3v) is 5.31. The van der Waals surface area contributed by atoms with Crippen LogP contribution >= 0.6 is 11.6 Å². The first-order valence-electron chi connectivity index (χ1n) is 8.23. The van der Waals surface area contributed by atoms with E-state index in [4.69, 9.17) is 11.6 Å². The molecule has 0 fully saturated rings. The van der Waals surface area contributed by atoms with Gasteiger partial charge >= 0.3 is 0 Å². The average molecular weight is 361 g/mol. The van der Waals surface area contributed by atoms with E-state index < -0.39 is 0 Å². The molecule has 5 aromatic rings. The van der Waals surface area contributed by atoms with E-state index in [0.29, 0.717) is 43.1 Å². The summed E-state index contributed by atoms with van der Waals surface area (Å²) in [6.45, 7) is 1.87. The summed E-state index contributed by atoms with van der Waals surface area (Å²) in [6, 6.07) is 14.4. The van der Waals surface area contributed by atoms with Crippen LogP contribution < -0.4 is 10.9 Å². The molecule has 0 aliphatic carbocycles. The number of halogens is 1. The number of rotatable bonds is 0. The Bertz CT molecular complexity index is 1500. The highest BCUT2D eigenvalue weighted by atomic mass is 35.5. The van der Waals surface area contributed by atoms with E-state index in [-0.39, 0.29) is 10.9 Å². The van der Waals surface area contributed by atoms with Crippen LogP contribution in [0.2, 0.25) is 5.02 Å². The lowest BCUT2D eigenvalue weighted by molar-refractivity contribution is 1.43. The number of nitrogens with one attached hydrogen (secondary N) is 2.